The van der Waals surface area contributed by atoms with Gasteiger partial charge in [-0.1, -0.05) is 97.1 Å². The van der Waals surface area contributed by atoms with Crippen LogP contribution in [0, 0.1) is 0 Å². The second-order valence-corrected chi connectivity index (χ2v) is 8.30. The molecule has 0 spiro atoms. The number of benzene rings is 3. The van der Waals surface area contributed by atoms with Crippen molar-refractivity contribution < 1.29 is 0 Å². The summed E-state index contributed by atoms with van der Waals surface area (Å²) in [6, 6.07) is 36.2. The van der Waals surface area contributed by atoms with Crippen LogP contribution >= 0.6 is 11.3 Å². The third kappa shape index (κ3) is 4.35. The molecule has 30 heavy (non-hydrogen) atoms. The number of hydrogen-bond acceptors (Lipinski definition) is 2. The first-order valence-electron chi connectivity index (χ1n) is 10.1. The van der Waals surface area contributed by atoms with E-state index in [1.165, 1.54) is 37.6 Å². The van der Waals surface area contributed by atoms with Crippen LogP contribution in [0.25, 0.3) is 11.1 Å². The lowest BCUT2D eigenvalue weighted by Crippen LogP contribution is -2.06. The average molecular weight is 408 g/mol. The molecule has 0 fully saturated rings. The van der Waals surface area contributed by atoms with Crippen molar-refractivity contribution in [2.45, 2.75) is 12.5 Å². The minimum absolute atomic E-state index is 0.0184. The van der Waals surface area contributed by atoms with E-state index in [0.29, 0.717) is 0 Å². The molecule has 0 bridgehead atoms. The average Bonchev–Trinajstić information content (AvgIpc) is 3.29. The lowest BCUT2D eigenvalue weighted by Gasteiger charge is -2.17. The van der Waals surface area contributed by atoms with Crippen LogP contribution < -0.4 is 5.73 Å². The predicted molar refractivity (Wildman–Crippen MR) is 130 cm³/mol. The van der Waals surface area contributed by atoms with Gasteiger partial charge in [-0.3, -0.25) is 0 Å². The number of thiophene rings is 1. The fourth-order valence-corrected chi connectivity index (χ4v) is 4.76. The van der Waals surface area contributed by atoms with Crippen LogP contribution in [0.2, 0.25) is 0 Å². The summed E-state index contributed by atoms with van der Waals surface area (Å²) in [5.41, 5.74) is 12.4. The van der Waals surface area contributed by atoms with Gasteiger partial charge in [0.2, 0.25) is 0 Å². The Bertz CT molecular complexity index is 1080. The molecule has 2 N–H and O–H groups in total. The Kier molecular flexibility index (Phi) is 6.38. The summed E-state index contributed by atoms with van der Waals surface area (Å²) in [4.78, 5) is 2.40. The van der Waals surface area contributed by atoms with Crippen molar-refractivity contribution in [2.75, 3.05) is 0 Å². The third-order valence-corrected chi connectivity index (χ3v) is 6.33. The predicted octanol–water partition coefficient (Wildman–Crippen LogP) is 7.33. The van der Waals surface area contributed by atoms with Gasteiger partial charge in [-0.25, -0.2) is 0 Å². The Balaban J connectivity index is 2.00. The normalized spacial score (nSPS) is 11.6. The highest BCUT2D eigenvalue weighted by Crippen LogP contribution is 2.40. The van der Waals surface area contributed by atoms with Crippen LogP contribution in [0.1, 0.15) is 38.9 Å². The van der Waals surface area contributed by atoms with Crippen LogP contribution in [0.3, 0.4) is 0 Å². The van der Waals surface area contributed by atoms with Crippen LogP contribution in [-0.4, -0.2) is 0 Å². The van der Waals surface area contributed by atoms with Crippen molar-refractivity contribution in [2.24, 2.45) is 5.73 Å². The zero-order valence-corrected chi connectivity index (χ0v) is 17.7. The third-order valence-electron chi connectivity index (χ3n) is 5.10. The van der Waals surface area contributed by atoms with Gasteiger partial charge in [0, 0.05) is 21.4 Å². The van der Waals surface area contributed by atoms with Crippen molar-refractivity contribution in [3.63, 3.8) is 0 Å². The Morgan fingerprint density at radius 3 is 1.63 bits per heavy atom. The molecule has 3 aromatic carbocycles. The molecule has 0 aliphatic carbocycles. The fraction of sp³-hybridized carbons (Fsp3) is 0.0714. The minimum atomic E-state index is -0.0184. The zero-order chi connectivity index (χ0) is 20.8. The highest BCUT2D eigenvalue weighted by molar-refractivity contribution is 7.13. The van der Waals surface area contributed by atoms with Gasteiger partial charge in [0.05, 0.1) is 0 Å². The zero-order valence-electron chi connectivity index (χ0n) is 16.9. The van der Waals surface area contributed by atoms with Crippen LogP contribution in [-0.2, 0) is 0 Å². The van der Waals surface area contributed by atoms with Crippen molar-refractivity contribution in [3.05, 3.63) is 142 Å². The highest BCUT2D eigenvalue weighted by Gasteiger charge is 2.18. The molecule has 0 saturated heterocycles. The number of rotatable bonds is 7. The maximum absolute atomic E-state index is 6.38. The first kappa shape index (κ1) is 20.1. The standard InChI is InChI=1S/C28H25NS/c1-2-12-24(29)25-19-20-26(30-25)28(23-17-10-5-11-18-23)27(21-13-6-3-7-14-21)22-15-8-4-9-16-22/h2-11,13-20,24H,1,12,29H2. The number of nitrogens with two attached hydrogens (primary N) is 1. The van der Waals surface area contributed by atoms with E-state index in [1.54, 1.807) is 11.3 Å². The van der Waals surface area contributed by atoms with Gasteiger partial charge in [0.15, 0.2) is 0 Å². The Labute approximate surface area is 182 Å². The molecule has 0 amide bonds. The summed E-state index contributed by atoms with van der Waals surface area (Å²) in [5, 5.41) is 0. The van der Waals surface area contributed by atoms with Crippen LogP contribution in [0.4, 0.5) is 0 Å². The molecular formula is C28H25NS. The quantitative estimate of drug-likeness (QED) is 0.252. The SMILES string of the molecule is C=CCC(N)c1ccc(C(=C(c2ccccc2)c2ccccc2)c2ccccc2)s1. The Hall–Kier alpha value is -3.20. The number of hydrogen-bond donors (Lipinski definition) is 1. The van der Waals surface area contributed by atoms with Gasteiger partial charge in [-0.15, -0.1) is 17.9 Å². The lowest BCUT2D eigenvalue weighted by molar-refractivity contribution is 0.758. The maximum atomic E-state index is 6.38. The van der Waals surface area contributed by atoms with E-state index in [-0.39, 0.29) is 6.04 Å². The van der Waals surface area contributed by atoms with Gasteiger partial charge >= 0.3 is 0 Å². The van der Waals surface area contributed by atoms with E-state index in [0.717, 1.165) is 6.42 Å². The minimum Gasteiger partial charge on any atom is -0.323 e. The van der Waals surface area contributed by atoms with Gasteiger partial charge in [0.25, 0.3) is 0 Å². The molecule has 4 rings (SSSR count). The molecule has 0 aliphatic rings. The monoisotopic (exact) mass is 407 g/mol. The van der Waals surface area contributed by atoms with E-state index < -0.39 is 0 Å². The molecule has 1 atom stereocenters. The van der Waals surface area contributed by atoms with Crippen molar-refractivity contribution in [1.82, 2.24) is 0 Å². The van der Waals surface area contributed by atoms with Crippen molar-refractivity contribution in [3.8, 4) is 0 Å². The molecule has 1 nitrogen and oxygen atoms in total. The molecule has 148 valence electrons. The first-order valence-corrected chi connectivity index (χ1v) is 11.0. The van der Waals surface area contributed by atoms with E-state index in [2.05, 4.69) is 110 Å². The van der Waals surface area contributed by atoms with Gasteiger partial charge < -0.3 is 5.73 Å². The molecule has 1 heterocycles. The Morgan fingerprint density at radius 2 is 1.17 bits per heavy atom. The van der Waals surface area contributed by atoms with Gasteiger partial charge in [-0.2, -0.15) is 0 Å². The summed E-state index contributed by atoms with van der Waals surface area (Å²) in [7, 11) is 0. The molecule has 1 aromatic heterocycles. The highest BCUT2D eigenvalue weighted by atomic mass is 32.1. The molecule has 2 heteroatoms. The summed E-state index contributed by atoms with van der Waals surface area (Å²) < 4.78 is 0. The van der Waals surface area contributed by atoms with E-state index in [1.807, 2.05) is 6.08 Å². The van der Waals surface area contributed by atoms with E-state index in [4.69, 9.17) is 5.73 Å². The van der Waals surface area contributed by atoms with E-state index >= 15 is 0 Å². The topological polar surface area (TPSA) is 26.0 Å². The largest absolute Gasteiger partial charge is 0.323 e. The Morgan fingerprint density at radius 1 is 0.700 bits per heavy atom. The summed E-state index contributed by atoms with van der Waals surface area (Å²) in [5.74, 6) is 0. The van der Waals surface area contributed by atoms with Crippen LogP contribution in [0.15, 0.2) is 116 Å². The summed E-state index contributed by atoms with van der Waals surface area (Å²) in [6.07, 6.45) is 2.66. The first-order chi connectivity index (χ1) is 14.8. The van der Waals surface area contributed by atoms with Crippen LogP contribution in [0.5, 0.6) is 0 Å². The van der Waals surface area contributed by atoms with E-state index in [9.17, 15) is 0 Å². The van der Waals surface area contributed by atoms with Gasteiger partial charge in [-0.05, 0) is 40.8 Å². The molecule has 0 saturated carbocycles. The fourth-order valence-electron chi connectivity index (χ4n) is 3.66. The molecule has 0 aliphatic heterocycles. The second-order valence-electron chi connectivity index (χ2n) is 7.18. The second kappa shape index (κ2) is 9.53. The summed E-state index contributed by atoms with van der Waals surface area (Å²) in [6.45, 7) is 3.84. The smallest absolute Gasteiger partial charge is 0.0424 e. The van der Waals surface area contributed by atoms with Crippen molar-refractivity contribution in [1.29, 1.82) is 0 Å². The molecule has 0 radical (unpaired) electrons. The molecule has 1 unspecified atom stereocenters. The maximum Gasteiger partial charge on any atom is 0.0424 e. The summed E-state index contributed by atoms with van der Waals surface area (Å²) >= 11 is 1.77. The lowest BCUT2D eigenvalue weighted by atomic mass is 9.89. The van der Waals surface area contributed by atoms with Gasteiger partial charge in [0.1, 0.15) is 0 Å². The molecular weight excluding hydrogens is 382 g/mol. The molecule has 4 aromatic rings. The van der Waals surface area contributed by atoms with Crippen molar-refractivity contribution >= 4 is 22.5 Å².